The van der Waals surface area contributed by atoms with E-state index >= 15 is 0 Å². The van der Waals surface area contributed by atoms with Gasteiger partial charge in [-0.2, -0.15) is 0 Å². The summed E-state index contributed by atoms with van der Waals surface area (Å²) in [5.41, 5.74) is 3.22. The number of amides is 1. The quantitative estimate of drug-likeness (QED) is 0.522. The predicted molar refractivity (Wildman–Crippen MR) is 129 cm³/mol. The maximum atomic E-state index is 12.3. The van der Waals surface area contributed by atoms with Crippen LogP contribution in [-0.2, 0) is 21.2 Å². The molecule has 32 heavy (non-hydrogen) atoms. The van der Waals surface area contributed by atoms with Gasteiger partial charge in [-0.05, 0) is 49.9 Å². The van der Waals surface area contributed by atoms with Crippen molar-refractivity contribution < 1.29 is 17.9 Å². The molecule has 0 saturated carbocycles. The number of fused-ring (bicyclic) bond motifs is 1. The Balaban J connectivity index is 1.42. The van der Waals surface area contributed by atoms with Crippen LogP contribution < -0.4 is 19.3 Å². The van der Waals surface area contributed by atoms with Gasteiger partial charge in [0, 0.05) is 43.9 Å². The van der Waals surface area contributed by atoms with Crippen LogP contribution in [0, 0.1) is 0 Å². The number of carbonyl (C=O) groups is 1. The number of carbonyl (C=O) groups excluding carboxylic acids is 1. The van der Waals surface area contributed by atoms with E-state index in [0.29, 0.717) is 30.4 Å². The monoisotopic (exact) mass is 459 g/mol. The Kier molecular flexibility index (Phi) is 8.01. The fourth-order valence-electron chi connectivity index (χ4n) is 4.17. The molecular weight excluding hydrogens is 426 g/mol. The van der Waals surface area contributed by atoms with Crippen molar-refractivity contribution in [3.63, 3.8) is 0 Å². The third-order valence-corrected chi connectivity index (χ3v) is 6.95. The lowest BCUT2D eigenvalue weighted by molar-refractivity contribution is -0.121. The molecular formula is C24H33N3O4S. The van der Waals surface area contributed by atoms with E-state index in [1.807, 2.05) is 0 Å². The van der Waals surface area contributed by atoms with Gasteiger partial charge in [0.15, 0.2) is 0 Å². The highest BCUT2D eigenvalue weighted by Gasteiger charge is 2.24. The molecule has 0 aromatic heterocycles. The Bertz CT molecular complexity index is 1030. The second kappa shape index (κ2) is 10.7. The number of hydrogen-bond acceptors (Lipinski definition) is 5. The number of para-hydroxylation sites is 1. The van der Waals surface area contributed by atoms with Gasteiger partial charge in [0.25, 0.3) is 0 Å². The SMILES string of the molecule is COc1cccc(N(CCCC(=O)NCCCN2c3ccccc3CC2C)S(C)(=O)=O)c1. The minimum absolute atomic E-state index is 0.0565. The highest BCUT2D eigenvalue weighted by Crippen LogP contribution is 2.31. The van der Waals surface area contributed by atoms with Crippen LogP contribution in [0.25, 0.3) is 0 Å². The smallest absolute Gasteiger partial charge is 0.232 e. The molecule has 1 aliphatic heterocycles. The number of nitrogens with one attached hydrogen (secondary N) is 1. The Morgan fingerprint density at radius 1 is 1.19 bits per heavy atom. The van der Waals surface area contributed by atoms with Gasteiger partial charge in [-0.1, -0.05) is 24.3 Å². The molecule has 1 N–H and O–H groups in total. The summed E-state index contributed by atoms with van der Waals surface area (Å²) < 4.78 is 31.0. The van der Waals surface area contributed by atoms with Crippen LogP contribution in [-0.4, -0.2) is 53.4 Å². The molecule has 1 atom stereocenters. The van der Waals surface area contributed by atoms with Crippen LogP contribution in [0.2, 0.25) is 0 Å². The minimum Gasteiger partial charge on any atom is -0.497 e. The minimum atomic E-state index is -3.46. The molecule has 0 radical (unpaired) electrons. The zero-order valence-electron chi connectivity index (χ0n) is 19.1. The standard InChI is InChI=1S/C24H33N3O4S/c1-19-17-20-9-4-5-12-23(20)26(19)15-8-14-25-24(28)13-7-16-27(32(3,29)30)21-10-6-11-22(18-21)31-2/h4-6,9-12,18-19H,7-8,13-17H2,1-3H3,(H,25,28). The number of rotatable bonds is 11. The Morgan fingerprint density at radius 2 is 1.97 bits per heavy atom. The van der Waals surface area contributed by atoms with Gasteiger partial charge in [0.1, 0.15) is 5.75 Å². The van der Waals surface area contributed by atoms with Crippen molar-refractivity contribution in [2.75, 3.05) is 42.2 Å². The van der Waals surface area contributed by atoms with Crippen LogP contribution in [0.3, 0.4) is 0 Å². The van der Waals surface area contributed by atoms with E-state index in [9.17, 15) is 13.2 Å². The third kappa shape index (κ3) is 6.16. The average Bonchev–Trinajstić information content (AvgIpc) is 3.08. The number of hydrogen-bond donors (Lipinski definition) is 1. The van der Waals surface area contributed by atoms with Crippen molar-refractivity contribution in [1.82, 2.24) is 5.32 Å². The van der Waals surface area contributed by atoms with Crippen molar-refractivity contribution in [3.8, 4) is 5.75 Å². The largest absolute Gasteiger partial charge is 0.497 e. The molecule has 0 bridgehead atoms. The summed E-state index contributed by atoms with van der Waals surface area (Å²) in [6.45, 7) is 3.97. The molecule has 3 rings (SSSR count). The van der Waals surface area contributed by atoms with Crippen molar-refractivity contribution in [3.05, 3.63) is 54.1 Å². The van der Waals surface area contributed by atoms with Crippen LogP contribution in [0.5, 0.6) is 5.75 Å². The molecule has 1 aliphatic rings. The molecule has 1 unspecified atom stereocenters. The first kappa shape index (κ1) is 23.9. The van der Waals surface area contributed by atoms with Crippen molar-refractivity contribution in [1.29, 1.82) is 0 Å². The fourth-order valence-corrected chi connectivity index (χ4v) is 5.13. The number of ether oxygens (including phenoxy) is 1. The van der Waals surface area contributed by atoms with Gasteiger partial charge in [-0.3, -0.25) is 9.10 Å². The van der Waals surface area contributed by atoms with Crippen LogP contribution in [0.15, 0.2) is 48.5 Å². The van der Waals surface area contributed by atoms with Crippen molar-refractivity contribution in [2.24, 2.45) is 0 Å². The first-order valence-electron chi connectivity index (χ1n) is 11.0. The number of nitrogens with zero attached hydrogens (tertiary/aromatic N) is 2. The fraction of sp³-hybridized carbons (Fsp3) is 0.458. The molecule has 0 saturated heterocycles. The third-order valence-electron chi connectivity index (χ3n) is 5.75. The van der Waals surface area contributed by atoms with Gasteiger partial charge >= 0.3 is 0 Å². The van der Waals surface area contributed by atoms with E-state index in [-0.39, 0.29) is 18.9 Å². The molecule has 1 heterocycles. The number of methoxy groups -OCH3 is 1. The molecule has 0 spiro atoms. The first-order chi connectivity index (χ1) is 15.3. The normalized spacial score (nSPS) is 15.3. The van der Waals surface area contributed by atoms with E-state index in [1.165, 1.54) is 28.9 Å². The van der Waals surface area contributed by atoms with Crippen LogP contribution >= 0.6 is 0 Å². The molecule has 0 aliphatic carbocycles. The second-order valence-electron chi connectivity index (χ2n) is 8.22. The number of sulfonamides is 1. The Hall–Kier alpha value is -2.74. The van der Waals surface area contributed by atoms with E-state index < -0.39 is 10.0 Å². The van der Waals surface area contributed by atoms with E-state index in [2.05, 4.69) is 41.4 Å². The Morgan fingerprint density at radius 3 is 2.72 bits per heavy atom. The molecule has 8 heteroatoms. The molecule has 174 valence electrons. The molecule has 0 fully saturated rings. The highest BCUT2D eigenvalue weighted by atomic mass is 32.2. The summed E-state index contributed by atoms with van der Waals surface area (Å²) in [6.07, 6.45) is 3.81. The van der Waals surface area contributed by atoms with Crippen LogP contribution in [0.1, 0.15) is 31.7 Å². The molecule has 2 aromatic rings. The maximum absolute atomic E-state index is 12.3. The Labute approximate surface area is 191 Å². The van der Waals surface area contributed by atoms with E-state index in [4.69, 9.17) is 4.74 Å². The summed E-state index contributed by atoms with van der Waals surface area (Å²) in [5.74, 6) is 0.530. The lowest BCUT2D eigenvalue weighted by Crippen LogP contribution is -2.34. The van der Waals surface area contributed by atoms with Gasteiger partial charge < -0.3 is 15.0 Å². The zero-order valence-corrected chi connectivity index (χ0v) is 19.9. The topological polar surface area (TPSA) is 79.0 Å². The molecule has 2 aromatic carbocycles. The lowest BCUT2D eigenvalue weighted by atomic mass is 10.1. The van der Waals surface area contributed by atoms with E-state index in [1.54, 1.807) is 24.3 Å². The second-order valence-corrected chi connectivity index (χ2v) is 10.1. The average molecular weight is 460 g/mol. The summed E-state index contributed by atoms with van der Waals surface area (Å²) in [7, 11) is -1.92. The number of anilines is 2. The van der Waals surface area contributed by atoms with Gasteiger partial charge in [-0.15, -0.1) is 0 Å². The zero-order chi connectivity index (χ0) is 23.1. The maximum Gasteiger partial charge on any atom is 0.232 e. The van der Waals surface area contributed by atoms with Gasteiger partial charge in [-0.25, -0.2) is 8.42 Å². The first-order valence-corrected chi connectivity index (χ1v) is 12.9. The number of benzene rings is 2. The summed E-state index contributed by atoms with van der Waals surface area (Å²) in [6, 6.07) is 15.9. The molecule has 1 amide bonds. The van der Waals surface area contributed by atoms with Crippen molar-refractivity contribution >= 4 is 27.3 Å². The summed E-state index contributed by atoms with van der Waals surface area (Å²) in [5, 5.41) is 2.96. The summed E-state index contributed by atoms with van der Waals surface area (Å²) in [4.78, 5) is 14.7. The van der Waals surface area contributed by atoms with Crippen molar-refractivity contribution in [2.45, 2.75) is 38.6 Å². The lowest BCUT2D eigenvalue weighted by Gasteiger charge is -2.25. The van der Waals surface area contributed by atoms with Gasteiger partial charge in [0.2, 0.25) is 15.9 Å². The predicted octanol–water partition coefficient (Wildman–Crippen LogP) is 3.20. The molecule has 7 nitrogen and oxygen atoms in total. The summed E-state index contributed by atoms with van der Waals surface area (Å²) >= 11 is 0. The van der Waals surface area contributed by atoms with Gasteiger partial charge in [0.05, 0.1) is 19.1 Å². The highest BCUT2D eigenvalue weighted by molar-refractivity contribution is 7.92. The van der Waals surface area contributed by atoms with E-state index in [0.717, 1.165) is 19.4 Å². The van der Waals surface area contributed by atoms with Crippen LogP contribution in [0.4, 0.5) is 11.4 Å².